The number of hydrogen-bond acceptors (Lipinski definition) is 3. The lowest BCUT2D eigenvalue weighted by Crippen LogP contribution is -2.48. The molecule has 0 bridgehead atoms. The Hall–Kier alpha value is -1.55. The Kier molecular flexibility index (Phi) is 7.35. The highest BCUT2D eigenvalue weighted by atomic mass is 16.5. The fraction of sp³-hybridized carbons (Fsp3) is 0.731. The van der Waals surface area contributed by atoms with Crippen molar-refractivity contribution < 1.29 is 9.53 Å². The molecule has 1 aliphatic carbocycles. The Morgan fingerprint density at radius 3 is 2.57 bits per heavy atom. The van der Waals surface area contributed by atoms with Gasteiger partial charge in [-0.15, -0.1) is 0 Å². The van der Waals surface area contributed by atoms with Gasteiger partial charge in [0.2, 0.25) is 0 Å². The molecule has 0 atom stereocenters. The van der Waals surface area contributed by atoms with Crippen molar-refractivity contribution in [3.63, 3.8) is 0 Å². The van der Waals surface area contributed by atoms with Crippen molar-refractivity contribution in [3.8, 4) is 5.75 Å². The summed E-state index contributed by atoms with van der Waals surface area (Å²) in [7, 11) is 1.97. The van der Waals surface area contributed by atoms with Crippen LogP contribution in [0.5, 0.6) is 5.75 Å². The molecule has 2 aliphatic heterocycles. The fourth-order valence-electron chi connectivity index (χ4n) is 5.94. The van der Waals surface area contributed by atoms with Crippen LogP contribution in [0.15, 0.2) is 24.3 Å². The number of carbonyl (C=O) groups excluding carboxylic acids is 1. The van der Waals surface area contributed by atoms with E-state index in [9.17, 15) is 4.79 Å². The fourth-order valence-corrected chi connectivity index (χ4v) is 5.94. The van der Waals surface area contributed by atoms with E-state index in [0.717, 1.165) is 24.6 Å². The molecule has 4 heteroatoms. The number of hydrogen-bond donors (Lipinski definition) is 0. The lowest BCUT2D eigenvalue weighted by atomic mass is 9.73. The molecule has 1 saturated carbocycles. The topological polar surface area (TPSA) is 32.8 Å². The first-order valence-electron chi connectivity index (χ1n) is 12.3. The second kappa shape index (κ2) is 10.2. The van der Waals surface area contributed by atoms with E-state index in [1.54, 1.807) is 0 Å². The summed E-state index contributed by atoms with van der Waals surface area (Å²) in [6, 6.07) is 8.22. The molecule has 0 N–H and O–H groups in total. The minimum Gasteiger partial charge on any atom is -0.483 e. The van der Waals surface area contributed by atoms with E-state index in [0.29, 0.717) is 0 Å². The van der Waals surface area contributed by atoms with Crippen LogP contribution < -0.4 is 4.74 Å². The van der Waals surface area contributed by atoms with E-state index in [1.165, 1.54) is 89.4 Å². The summed E-state index contributed by atoms with van der Waals surface area (Å²) in [6.45, 7) is 4.75. The number of carbonyl (C=O) groups is 1. The number of rotatable bonds is 2. The number of aryl methyl sites for hydroxylation is 1. The highest BCUT2D eigenvalue weighted by Crippen LogP contribution is 2.39. The van der Waals surface area contributed by atoms with E-state index in [2.05, 4.69) is 17.0 Å². The molecule has 1 aromatic carbocycles. The average molecular weight is 413 g/mol. The van der Waals surface area contributed by atoms with Crippen LogP contribution in [0.1, 0.15) is 69.8 Å². The van der Waals surface area contributed by atoms with Crippen LogP contribution in [-0.4, -0.2) is 55.5 Å². The summed E-state index contributed by atoms with van der Waals surface area (Å²) >= 11 is 0. The maximum atomic E-state index is 12.8. The minimum atomic E-state index is 0.106. The van der Waals surface area contributed by atoms with Crippen molar-refractivity contribution in [1.29, 1.82) is 0 Å². The first-order chi connectivity index (χ1) is 14.6. The highest BCUT2D eigenvalue weighted by Gasteiger charge is 2.36. The third-order valence-corrected chi connectivity index (χ3v) is 7.88. The summed E-state index contributed by atoms with van der Waals surface area (Å²) in [5.41, 5.74) is 1.52. The molecule has 1 spiro atoms. The SMILES string of the molecule is CN1CC2(CCCCc3ccccc3OCC1=O)CCN(CC1CCCCC1)CC2. The van der Waals surface area contributed by atoms with Crippen LogP contribution in [-0.2, 0) is 11.2 Å². The summed E-state index contributed by atoms with van der Waals surface area (Å²) in [4.78, 5) is 17.4. The zero-order valence-corrected chi connectivity index (χ0v) is 18.9. The summed E-state index contributed by atoms with van der Waals surface area (Å²) < 4.78 is 5.92. The van der Waals surface area contributed by atoms with Gasteiger partial charge < -0.3 is 14.5 Å². The Morgan fingerprint density at radius 1 is 1.00 bits per heavy atom. The Bertz CT molecular complexity index is 690. The number of nitrogens with zero attached hydrogens (tertiary/aromatic N) is 2. The molecule has 166 valence electrons. The van der Waals surface area contributed by atoms with Gasteiger partial charge in [0, 0.05) is 20.1 Å². The van der Waals surface area contributed by atoms with Crippen LogP contribution in [0.4, 0.5) is 0 Å². The van der Waals surface area contributed by atoms with Crippen molar-refractivity contribution in [2.45, 2.75) is 70.6 Å². The standard InChI is InChI=1S/C26H40N2O2/c1-27-21-26(15-17-28(18-16-26)19-22-9-3-2-4-10-22)14-8-7-12-23-11-5-6-13-24(23)30-20-25(27)29/h5-6,11,13,22H,2-4,7-10,12,14-21H2,1H3. The molecule has 4 nitrogen and oxygen atoms in total. The van der Waals surface area contributed by atoms with Gasteiger partial charge in [0.15, 0.2) is 6.61 Å². The Morgan fingerprint density at radius 2 is 1.77 bits per heavy atom. The van der Waals surface area contributed by atoms with Crippen molar-refractivity contribution >= 4 is 5.91 Å². The number of amides is 1. The molecule has 1 saturated heterocycles. The minimum absolute atomic E-state index is 0.106. The predicted octanol–water partition coefficient (Wildman–Crippen LogP) is 4.91. The van der Waals surface area contributed by atoms with Crippen molar-refractivity contribution in [1.82, 2.24) is 9.80 Å². The van der Waals surface area contributed by atoms with E-state index in [-0.39, 0.29) is 17.9 Å². The molecule has 3 aliphatic rings. The van der Waals surface area contributed by atoms with E-state index in [4.69, 9.17) is 4.74 Å². The van der Waals surface area contributed by atoms with Gasteiger partial charge in [-0.25, -0.2) is 0 Å². The molecule has 0 aromatic heterocycles. The molecular weight excluding hydrogens is 372 g/mol. The monoisotopic (exact) mass is 412 g/mol. The van der Waals surface area contributed by atoms with Crippen molar-refractivity contribution in [2.75, 3.05) is 39.8 Å². The van der Waals surface area contributed by atoms with E-state index < -0.39 is 0 Å². The number of benzene rings is 1. The van der Waals surface area contributed by atoms with Crippen molar-refractivity contribution in [3.05, 3.63) is 29.8 Å². The molecule has 30 heavy (non-hydrogen) atoms. The van der Waals surface area contributed by atoms with Gasteiger partial charge in [-0.3, -0.25) is 4.79 Å². The quantitative estimate of drug-likeness (QED) is 0.692. The second-order valence-electron chi connectivity index (χ2n) is 10.2. The van der Waals surface area contributed by atoms with E-state index >= 15 is 0 Å². The van der Waals surface area contributed by atoms with Gasteiger partial charge in [-0.05, 0) is 81.0 Å². The van der Waals surface area contributed by atoms with Crippen LogP contribution in [0, 0.1) is 11.3 Å². The van der Waals surface area contributed by atoms with E-state index in [1.807, 2.05) is 24.1 Å². The van der Waals surface area contributed by atoms with Crippen LogP contribution in [0.3, 0.4) is 0 Å². The lowest BCUT2D eigenvalue weighted by molar-refractivity contribution is -0.134. The molecule has 2 fully saturated rings. The molecule has 0 radical (unpaired) electrons. The summed E-state index contributed by atoms with van der Waals surface area (Å²) in [5, 5.41) is 0. The van der Waals surface area contributed by atoms with Gasteiger partial charge in [0.05, 0.1) is 0 Å². The van der Waals surface area contributed by atoms with Crippen LogP contribution >= 0.6 is 0 Å². The van der Waals surface area contributed by atoms with Gasteiger partial charge in [-0.2, -0.15) is 0 Å². The molecule has 1 amide bonds. The normalized spacial score (nSPS) is 24.6. The molecule has 0 unspecified atom stereocenters. The van der Waals surface area contributed by atoms with Gasteiger partial charge >= 0.3 is 0 Å². The first-order valence-corrected chi connectivity index (χ1v) is 12.3. The number of fused-ring (bicyclic) bond motifs is 1. The second-order valence-corrected chi connectivity index (χ2v) is 10.2. The molecule has 2 heterocycles. The number of piperidine rings is 1. The smallest absolute Gasteiger partial charge is 0.260 e. The van der Waals surface area contributed by atoms with Gasteiger partial charge in [0.25, 0.3) is 5.91 Å². The maximum absolute atomic E-state index is 12.8. The molecular formula is C26H40N2O2. The van der Waals surface area contributed by atoms with Crippen LogP contribution in [0.2, 0.25) is 0 Å². The zero-order valence-electron chi connectivity index (χ0n) is 18.9. The molecule has 1 aromatic rings. The molecule has 4 rings (SSSR count). The third-order valence-electron chi connectivity index (χ3n) is 7.88. The number of likely N-dealkylation sites (N-methyl/N-ethyl adjacent to an activating group) is 1. The maximum Gasteiger partial charge on any atom is 0.260 e. The highest BCUT2D eigenvalue weighted by molar-refractivity contribution is 5.77. The van der Waals surface area contributed by atoms with Crippen LogP contribution in [0.25, 0.3) is 0 Å². The number of ether oxygens (including phenoxy) is 1. The first kappa shape index (κ1) is 21.7. The Balaban J connectivity index is 1.38. The predicted molar refractivity (Wildman–Crippen MR) is 122 cm³/mol. The Labute approximate surface area is 183 Å². The van der Waals surface area contributed by atoms with Crippen molar-refractivity contribution in [2.24, 2.45) is 11.3 Å². The average Bonchev–Trinajstić information content (AvgIpc) is 2.77. The van der Waals surface area contributed by atoms with Gasteiger partial charge in [-0.1, -0.05) is 43.9 Å². The van der Waals surface area contributed by atoms with Gasteiger partial charge in [0.1, 0.15) is 5.75 Å². The number of likely N-dealkylation sites (tertiary alicyclic amines) is 1. The summed E-state index contributed by atoms with van der Waals surface area (Å²) in [6.07, 6.45) is 14.3. The number of para-hydroxylation sites is 1. The largest absolute Gasteiger partial charge is 0.483 e. The summed E-state index contributed by atoms with van der Waals surface area (Å²) in [5.74, 6) is 1.91. The third kappa shape index (κ3) is 5.57. The zero-order chi connectivity index (χ0) is 20.8. The lowest BCUT2D eigenvalue weighted by Gasteiger charge is -2.45.